The van der Waals surface area contributed by atoms with Gasteiger partial charge >= 0.3 is 6.03 Å². The summed E-state index contributed by atoms with van der Waals surface area (Å²) in [7, 11) is 0. The number of rotatable bonds is 2. The van der Waals surface area contributed by atoms with Crippen molar-refractivity contribution >= 4 is 6.03 Å². The van der Waals surface area contributed by atoms with Crippen LogP contribution in [-0.2, 0) is 0 Å². The molecule has 0 radical (unpaired) electrons. The summed E-state index contributed by atoms with van der Waals surface area (Å²) in [5, 5.41) is 0. The quantitative estimate of drug-likeness (QED) is 0.527. The first-order valence-electron chi connectivity index (χ1n) is 9.67. The van der Waals surface area contributed by atoms with E-state index in [4.69, 9.17) is 0 Å². The van der Waals surface area contributed by atoms with Crippen molar-refractivity contribution in [2.45, 2.75) is 92.4 Å². The van der Waals surface area contributed by atoms with Crippen molar-refractivity contribution in [3.05, 3.63) is 0 Å². The van der Waals surface area contributed by atoms with Gasteiger partial charge in [-0.25, -0.2) is 13.6 Å². The van der Waals surface area contributed by atoms with Crippen LogP contribution in [0.15, 0.2) is 0 Å². The normalized spacial score (nSPS) is 22.1. The summed E-state index contributed by atoms with van der Waals surface area (Å²) in [4.78, 5) is 11.0. The van der Waals surface area contributed by atoms with Crippen molar-refractivity contribution in [1.29, 1.82) is 0 Å². The molecule has 0 spiro atoms. The number of nitrogens with zero attached hydrogens (tertiary/aromatic N) is 1. The minimum atomic E-state index is -2.70. The maximum Gasteiger partial charge on any atom is 0.315 e. The number of carbonyl (C=O) groups is 1. The Hall–Kier alpha value is -1.01. The molecule has 0 aromatic carbocycles. The number of hydrogen-bond donors (Lipinski definition) is 1. The fraction of sp³-hybridized carbons (Fsp3) is 0.947. The van der Waals surface area contributed by atoms with Gasteiger partial charge in [0.1, 0.15) is 0 Å². The third-order valence-corrected chi connectivity index (χ3v) is 4.37. The SMILES string of the molecule is CC.CCC1CCC(C)CC1.CCCC.F.F.NC(=O)N1CC(F)(F)C1.[HH]. The van der Waals surface area contributed by atoms with Gasteiger partial charge in [-0.3, -0.25) is 9.41 Å². The number of hydrogen-bond acceptors (Lipinski definition) is 1. The second-order valence-electron chi connectivity index (χ2n) is 6.58. The lowest BCUT2D eigenvalue weighted by Gasteiger charge is -2.37. The van der Waals surface area contributed by atoms with Gasteiger partial charge in [0.25, 0.3) is 5.92 Å². The summed E-state index contributed by atoms with van der Waals surface area (Å²) in [5.74, 6) is -0.608. The monoisotopic (exact) mass is 392 g/mol. The Morgan fingerprint density at radius 1 is 1.04 bits per heavy atom. The highest BCUT2D eigenvalue weighted by atomic mass is 19.3. The van der Waals surface area contributed by atoms with E-state index in [1.165, 1.54) is 44.9 Å². The Labute approximate surface area is 159 Å². The van der Waals surface area contributed by atoms with E-state index >= 15 is 0 Å². The van der Waals surface area contributed by atoms with Gasteiger partial charge < -0.3 is 10.6 Å². The van der Waals surface area contributed by atoms with Gasteiger partial charge in [0.15, 0.2) is 0 Å². The van der Waals surface area contributed by atoms with E-state index in [9.17, 15) is 13.6 Å². The van der Waals surface area contributed by atoms with Crippen LogP contribution in [-0.4, -0.2) is 29.9 Å². The maximum atomic E-state index is 11.9. The first-order chi connectivity index (χ1) is 11.3. The Kier molecular flexibility index (Phi) is 23.6. The Morgan fingerprint density at radius 2 is 1.42 bits per heavy atom. The number of nitrogens with two attached hydrogens (primary N) is 1. The zero-order chi connectivity index (χ0) is 19.2. The molecule has 1 aliphatic carbocycles. The van der Waals surface area contributed by atoms with E-state index in [1.54, 1.807) is 0 Å². The summed E-state index contributed by atoms with van der Waals surface area (Å²) < 4.78 is 23.8. The number of alkyl halides is 2. The molecule has 7 heteroatoms. The average molecular weight is 393 g/mol. The largest absolute Gasteiger partial charge is 0.351 e. The Bertz CT molecular complexity index is 306. The predicted octanol–water partition coefficient (Wildman–Crippen LogP) is 6.62. The molecule has 2 N–H and O–H groups in total. The molecule has 0 unspecified atom stereocenters. The molecule has 1 saturated carbocycles. The van der Waals surface area contributed by atoms with Crippen LogP contribution in [0.1, 0.15) is 87.9 Å². The van der Waals surface area contributed by atoms with Crippen LogP contribution in [0.4, 0.5) is 23.0 Å². The molecule has 26 heavy (non-hydrogen) atoms. The van der Waals surface area contributed by atoms with Crippen LogP contribution in [0.25, 0.3) is 0 Å². The van der Waals surface area contributed by atoms with Crippen molar-refractivity contribution in [3.8, 4) is 0 Å². The fourth-order valence-electron chi connectivity index (χ4n) is 2.41. The van der Waals surface area contributed by atoms with E-state index in [1.807, 2.05) is 13.8 Å². The van der Waals surface area contributed by atoms with Crippen molar-refractivity contribution in [1.82, 2.24) is 4.90 Å². The summed E-state index contributed by atoms with van der Waals surface area (Å²) in [6.07, 6.45) is 10.0. The number of likely N-dealkylation sites (tertiary alicyclic amines) is 1. The number of carbonyl (C=O) groups excluding carboxylic acids is 1. The molecule has 0 atom stereocenters. The highest BCUT2D eigenvalue weighted by Crippen LogP contribution is 2.29. The molecule has 2 fully saturated rings. The van der Waals surface area contributed by atoms with E-state index in [0.717, 1.165) is 16.7 Å². The fourth-order valence-corrected chi connectivity index (χ4v) is 2.41. The van der Waals surface area contributed by atoms with Gasteiger partial charge in [-0.05, 0) is 11.8 Å². The maximum absolute atomic E-state index is 11.9. The highest BCUT2D eigenvalue weighted by molar-refractivity contribution is 5.73. The number of urea groups is 1. The first-order valence-corrected chi connectivity index (χ1v) is 9.67. The second-order valence-corrected chi connectivity index (χ2v) is 6.58. The molecule has 1 aliphatic heterocycles. The summed E-state index contributed by atoms with van der Waals surface area (Å²) in [5.41, 5.74) is 4.67. The Morgan fingerprint density at radius 3 is 1.62 bits per heavy atom. The van der Waals surface area contributed by atoms with E-state index < -0.39 is 25.0 Å². The van der Waals surface area contributed by atoms with E-state index in [-0.39, 0.29) is 10.8 Å². The van der Waals surface area contributed by atoms with Gasteiger partial charge in [-0.15, -0.1) is 0 Å². The van der Waals surface area contributed by atoms with Crippen LogP contribution < -0.4 is 5.73 Å². The number of amides is 2. The minimum Gasteiger partial charge on any atom is -0.351 e. The molecule has 2 rings (SSSR count). The highest BCUT2D eigenvalue weighted by Gasteiger charge is 2.45. The number of primary amides is 1. The molecule has 0 aromatic rings. The van der Waals surface area contributed by atoms with Crippen molar-refractivity contribution in [2.75, 3.05) is 13.1 Å². The molecular formula is C19H44F4N2O. The van der Waals surface area contributed by atoms with Crippen LogP contribution in [0.2, 0.25) is 0 Å². The lowest BCUT2D eigenvalue weighted by Crippen LogP contribution is -2.59. The van der Waals surface area contributed by atoms with Gasteiger partial charge in [0, 0.05) is 1.43 Å². The number of unbranched alkanes of at least 4 members (excludes halogenated alkanes) is 1. The van der Waals surface area contributed by atoms with E-state index in [0.29, 0.717) is 0 Å². The van der Waals surface area contributed by atoms with Gasteiger partial charge in [-0.1, -0.05) is 86.5 Å². The molecular weight excluding hydrogens is 348 g/mol. The third kappa shape index (κ3) is 16.5. The molecule has 3 nitrogen and oxygen atoms in total. The van der Waals surface area contributed by atoms with Gasteiger partial charge in [-0.2, -0.15) is 0 Å². The van der Waals surface area contributed by atoms with Gasteiger partial charge in [0.2, 0.25) is 0 Å². The topological polar surface area (TPSA) is 46.3 Å². The van der Waals surface area contributed by atoms with Crippen molar-refractivity contribution < 1.29 is 24.4 Å². The van der Waals surface area contributed by atoms with Crippen molar-refractivity contribution in [2.24, 2.45) is 17.6 Å². The molecule has 164 valence electrons. The van der Waals surface area contributed by atoms with Crippen LogP contribution in [0.5, 0.6) is 0 Å². The number of halogens is 4. The average Bonchev–Trinajstić information content (AvgIpc) is 2.56. The standard InChI is InChI=1S/C9H18.C4H6F2N2O.C4H10.C2H6.2FH.H2/c1-3-9-6-4-8(2)5-7-9;5-4(6)1-8(2-4)3(7)9;1-3-4-2;1-2;;;/h8-9H,3-7H2,1-2H3;1-2H2,(H2,7,9);3-4H2,1-2H3;1-2H3;3*1H. The molecule has 0 bridgehead atoms. The molecule has 1 saturated heterocycles. The second kappa shape index (κ2) is 18.8. The zero-order valence-corrected chi connectivity index (χ0v) is 17.5. The summed E-state index contributed by atoms with van der Waals surface area (Å²) >= 11 is 0. The van der Waals surface area contributed by atoms with Crippen LogP contribution in [0.3, 0.4) is 0 Å². The van der Waals surface area contributed by atoms with Crippen molar-refractivity contribution in [3.63, 3.8) is 0 Å². The lowest BCUT2D eigenvalue weighted by atomic mass is 9.82. The zero-order valence-electron chi connectivity index (χ0n) is 17.5. The lowest BCUT2D eigenvalue weighted by molar-refractivity contribution is -0.108. The van der Waals surface area contributed by atoms with E-state index in [2.05, 4.69) is 33.4 Å². The molecule has 0 aromatic heterocycles. The Balaban J connectivity index is -0.0000000858. The summed E-state index contributed by atoms with van der Waals surface area (Å²) in [6, 6.07) is -0.777. The minimum absolute atomic E-state index is 0. The summed E-state index contributed by atoms with van der Waals surface area (Å²) in [6.45, 7) is 12.0. The molecule has 2 aliphatic rings. The molecule has 2 amide bonds. The first kappa shape index (κ1) is 32.6. The molecule has 1 heterocycles. The smallest absolute Gasteiger partial charge is 0.315 e. The van der Waals surface area contributed by atoms with Crippen LogP contribution in [0, 0.1) is 11.8 Å². The van der Waals surface area contributed by atoms with Crippen LogP contribution >= 0.6 is 0 Å². The van der Waals surface area contributed by atoms with Gasteiger partial charge in [0.05, 0.1) is 13.1 Å². The third-order valence-electron chi connectivity index (χ3n) is 4.37. The predicted molar refractivity (Wildman–Crippen MR) is 107 cm³/mol.